The van der Waals surface area contributed by atoms with Gasteiger partial charge in [-0.15, -0.1) is 0 Å². The van der Waals surface area contributed by atoms with Crippen LogP contribution < -0.4 is 0 Å². The predicted octanol–water partition coefficient (Wildman–Crippen LogP) is 1.85. The summed E-state index contributed by atoms with van der Waals surface area (Å²) in [5, 5.41) is 9.28. The number of hydrogen-bond acceptors (Lipinski definition) is 3. The molecule has 2 atom stereocenters. The Hall–Kier alpha value is -1.19. The van der Waals surface area contributed by atoms with Crippen LogP contribution in [0, 0.1) is 0 Å². The van der Waals surface area contributed by atoms with E-state index in [0.29, 0.717) is 6.54 Å². The number of benzene rings is 1. The average molecular weight is 249 g/mol. The Bertz CT molecular complexity index is 364. The minimum atomic E-state index is -0.491. The van der Waals surface area contributed by atoms with Crippen molar-refractivity contribution in [1.29, 1.82) is 0 Å². The van der Waals surface area contributed by atoms with Crippen LogP contribution in [0.2, 0.25) is 0 Å². The van der Waals surface area contributed by atoms with Crippen LogP contribution in [0.1, 0.15) is 25.8 Å². The number of hydrogen-bond donors (Lipinski definition) is 1. The summed E-state index contributed by atoms with van der Waals surface area (Å²) in [6.07, 6.45) is 1.44. The molecule has 0 aromatic heterocycles. The van der Waals surface area contributed by atoms with Gasteiger partial charge in [0.15, 0.2) is 0 Å². The molecule has 1 aromatic rings. The van der Waals surface area contributed by atoms with E-state index in [4.69, 9.17) is 0 Å². The fourth-order valence-corrected chi connectivity index (χ4v) is 2.06. The maximum Gasteiger partial charge on any atom is 0.131 e. The topological polar surface area (TPSA) is 40.5 Å². The van der Waals surface area contributed by atoms with E-state index in [1.807, 2.05) is 44.3 Å². The molecule has 3 heteroatoms. The van der Waals surface area contributed by atoms with Gasteiger partial charge in [0.2, 0.25) is 0 Å². The fraction of sp³-hybridized carbons (Fsp3) is 0.533. The highest BCUT2D eigenvalue weighted by Crippen LogP contribution is 2.22. The molecule has 0 radical (unpaired) electrons. The van der Waals surface area contributed by atoms with Gasteiger partial charge < -0.3 is 14.8 Å². The van der Waals surface area contributed by atoms with E-state index in [9.17, 15) is 9.90 Å². The Labute approximate surface area is 109 Å². The summed E-state index contributed by atoms with van der Waals surface area (Å²) in [4.78, 5) is 13.5. The number of likely N-dealkylation sites (N-methyl/N-ethyl adjacent to an activating group) is 1. The molecular weight excluding hydrogens is 226 g/mol. The maximum atomic E-state index is 11.4. The van der Waals surface area contributed by atoms with Gasteiger partial charge in [0, 0.05) is 13.1 Å². The van der Waals surface area contributed by atoms with E-state index in [1.54, 1.807) is 6.92 Å². The van der Waals surface area contributed by atoms with Crippen LogP contribution in [0.15, 0.2) is 30.3 Å². The van der Waals surface area contributed by atoms with Gasteiger partial charge in [0.1, 0.15) is 6.29 Å². The quantitative estimate of drug-likeness (QED) is 0.750. The molecule has 2 unspecified atom stereocenters. The second-order valence-electron chi connectivity index (χ2n) is 5.28. The van der Waals surface area contributed by atoms with E-state index in [2.05, 4.69) is 4.90 Å². The highest BCUT2D eigenvalue weighted by Gasteiger charge is 2.27. The van der Waals surface area contributed by atoms with Gasteiger partial charge in [-0.1, -0.05) is 30.3 Å². The smallest absolute Gasteiger partial charge is 0.131 e. The van der Waals surface area contributed by atoms with Gasteiger partial charge >= 0.3 is 0 Å². The predicted molar refractivity (Wildman–Crippen MR) is 73.7 cm³/mol. The van der Waals surface area contributed by atoms with Gasteiger partial charge in [-0.05, 0) is 32.9 Å². The normalized spacial score (nSPS) is 16.3. The van der Waals surface area contributed by atoms with Crippen molar-refractivity contribution in [3.05, 3.63) is 35.9 Å². The lowest BCUT2D eigenvalue weighted by Crippen LogP contribution is -2.39. The van der Waals surface area contributed by atoms with Gasteiger partial charge in [0.05, 0.1) is 11.5 Å². The van der Waals surface area contributed by atoms with Crippen molar-refractivity contribution in [2.75, 3.05) is 20.1 Å². The van der Waals surface area contributed by atoms with Gasteiger partial charge in [-0.2, -0.15) is 0 Å². The third-order valence-electron chi connectivity index (χ3n) is 3.22. The lowest BCUT2D eigenvalue weighted by molar-refractivity contribution is -0.112. The Morgan fingerprint density at radius 2 is 2.00 bits per heavy atom. The van der Waals surface area contributed by atoms with Crippen LogP contribution in [0.4, 0.5) is 0 Å². The highest BCUT2D eigenvalue weighted by molar-refractivity contribution is 5.68. The van der Waals surface area contributed by atoms with Gasteiger partial charge in [-0.3, -0.25) is 0 Å². The van der Waals surface area contributed by atoms with Crippen molar-refractivity contribution in [1.82, 2.24) is 4.90 Å². The molecule has 0 aliphatic rings. The van der Waals surface area contributed by atoms with E-state index < -0.39 is 5.41 Å². The first-order chi connectivity index (χ1) is 8.48. The molecule has 0 saturated carbocycles. The van der Waals surface area contributed by atoms with Crippen molar-refractivity contribution >= 4 is 6.29 Å². The molecule has 0 aliphatic heterocycles. The molecular formula is C15H23NO2. The fourth-order valence-electron chi connectivity index (χ4n) is 2.06. The summed E-state index contributed by atoms with van der Waals surface area (Å²) >= 11 is 0. The van der Waals surface area contributed by atoms with Crippen molar-refractivity contribution in [3.63, 3.8) is 0 Å². The third-order valence-corrected chi connectivity index (χ3v) is 3.22. The van der Waals surface area contributed by atoms with Gasteiger partial charge in [0.25, 0.3) is 0 Å². The van der Waals surface area contributed by atoms with Crippen molar-refractivity contribution < 1.29 is 9.90 Å². The monoisotopic (exact) mass is 249 g/mol. The van der Waals surface area contributed by atoms with E-state index in [0.717, 1.165) is 24.8 Å². The van der Waals surface area contributed by atoms with Gasteiger partial charge in [-0.25, -0.2) is 0 Å². The molecule has 18 heavy (non-hydrogen) atoms. The summed E-state index contributed by atoms with van der Waals surface area (Å²) < 4.78 is 0. The molecule has 0 fully saturated rings. The van der Waals surface area contributed by atoms with Crippen LogP contribution in [-0.2, 0) is 10.2 Å². The number of aliphatic hydroxyl groups excluding tert-OH is 1. The van der Waals surface area contributed by atoms with Crippen molar-refractivity contribution in [2.45, 2.75) is 31.8 Å². The molecule has 0 aliphatic carbocycles. The molecule has 0 bridgehead atoms. The molecule has 1 rings (SSSR count). The zero-order valence-electron chi connectivity index (χ0n) is 11.5. The van der Waals surface area contributed by atoms with Crippen molar-refractivity contribution in [2.24, 2.45) is 0 Å². The first kappa shape index (κ1) is 14.9. The third kappa shape index (κ3) is 4.24. The number of carbonyl (C=O) groups is 1. The Kier molecular flexibility index (Phi) is 5.51. The molecule has 0 spiro atoms. The molecule has 0 saturated heterocycles. The molecule has 1 N–H and O–H groups in total. The Morgan fingerprint density at radius 3 is 2.50 bits per heavy atom. The summed E-state index contributed by atoms with van der Waals surface area (Å²) in [6.45, 7) is 5.18. The second kappa shape index (κ2) is 6.66. The largest absolute Gasteiger partial charge is 0.393 e. The Morgan fingerprint density at radius 1 is 1.39 bits per heavy atom. The first-order valence-corrected chi connectivity index (χ1v) is 6.36. The van der Waals surface area contributed by atoms with Crippen LogP contribution in [0.5, 0.6) is 0 Å². The highest BCUT2D eigenvalue weighted by atomic mass is 16.3. The summed E-state index contributed by atoms with van der Waals surface area (Å²) in [6, 6.07) is 9.82. The van der Waals surface area contributed by atoms with Crippen LogP contribution in [0.3, 0.4) is 0 Å². The summed E-state index contributed by atoms with van der Waals surface area (Å²) in [5.41, 5.74) is 0.540. The van der Waals surface area contributed by atoms with Crippen molar-refractivity contribution in [3.8, 4) is 0 Å². The number of aliphatic hydroxyl groups is 1. The minimum absolute atomic E-state index is 0.299. The molecule has 0 amide bonds. The zero-order valence-corrected chi connectivity index (χ0v) is 11.5. The minimum Gasteiger partial charge on any atom is -0.393 e. The van der Waals surface area contributed by atoms with E-state index in [-0.39, 0.29) is 6.10 Å². The number of rotatable bonds is 7. The molecule has 0 heterocycles. The van der Waals surface area contributed by atoms with Crippen LogP contribution in [-0.4, -0.2) is 42.5 Å². The van der Waals surface area contributed by atoms with E-state index in [1.165, 1.54) is 0 Å². The number of nitrogens with zero attached hydrogens (tertiary/aromatic N) is 1. The maximum absolute atomic E-state index is 11.4. The molecule has 100 valence electrons. The summed E-state index contributed by atoms with van der Waals surface area (Å²) in [7, 11) is 1.98. The lowest BCUT2D eigenvalue weighted by atomic mass is 9.83. The number of aldehydes is 1. The summed E-state index contributed by atoms with van der Waals surface area (Å²) in [5.74, 6) is 0. The van der Waals surface area contributed by atoms with Crippen LogP contribution >= 0.6 is 0 Å². The zero-order chi connectivity index (χ0) is 13.6. The molecule has 3 nitrogen and oxygen atoms in total. The standard InChI is InChI=1S/C15H23NO2/c1-13(18)9-10-16(3)11-15(2,12-17)14-7-5-4-6-8-14/h4-8,12-13,18H,9-11H2,1-3H3. The Balaban J connectivity index is 2.68. The average Bonchev–Trinajstić information content (AvgIpc) is 2.37. The number of carbonyl (C=O) groups excluding carboxylic acids is 1. The van der Waals surface area contributed by atoms with E-state index >= 15 is 0 Å². The van der Waals surface area contributed by atoms with Crippen LogP contribution in [0.25, 0.3) is 0 Å². The molecule has 1 aromatic carbocycles. The second-order valence-corrected chi connectivity index (χ2v) is 5.28. The SMILES string of the molecule is CC(O)CCN(C)CC(C)(C=O)c1ccccc1. The first-order valence-electron chi connectivity index (χ1n) is 6.36. The lowest BCUT2D eigenvalue weighted by Gasteiger charge is -2.29.